The molecule has 172 valence electrons. The van der Waals surface area contributed by atoms with Crippen LogP contribution in [-0.2, 0) is 11.3 Å². The highest BCUT2D eigenvalue weighted by molar-refractivity contribution is 5.93. The average Bonchev–Trinajstić information content (AvgIpc) is 3.18. The van der Waals surface area contributed by atoms with Gasteiger partial charge in [0.2, 0.25) is 0 Å². The van der Waals surface area contributed by atoms with Crippen LogP contribution >= 0.6 is 0 Å². The van der Waals surface area contributed by atoms with Gasteiger partial charge in [0, 0.05) is 38.0 Å². The highest BCUT2D eigenvalue weighted by atomic mass is 16.6. The maximum Gasteiger partial charge on any atom is 0.274 e. The zero-order chi connectivity index (χ0) is 23.5. The number of nitrogens with one attached hydrogen (secondary N) is 1. The van der Waals surface area contributed by atoms with Crippen molar-refractivity contribution < 1.29 is 14.5 Å². The SMILES string of the molecule is Cc1c(C(=O)NCc2ccc(N3CC(C)OC(C)C3)nc2)nnn1-c1cccc([N+](=O)[O-])c1. The minimum absolute atomic E-state index is 0.0645. The van der Waals surface area contributed by atoms with E-state index in [0.29, 0.717) is 11.4 Å². The maximum absolute atomic E-state index is 12.7. The molecule has 2 aromatic heterocycles. The molecule has 0 saturated carbocycles. The first-order valence-electron chi connectivity index (χ1n) is 10.6. The third kappa shape index (κ3) is 4.98. The van der Waals surface area contributed by atoms with Crippen LogP contribution in [-0.4, -0.2) is 56.1 Å². The molecule has 2 unspecified atom stereocenters. The Morgan fingerprint density at radius 3 is 2.67 bits per heavy atom. The number of aromatic nitrogens is 4. The average molecular weight is 451 g/mol. The minimum Gasteiger partial charge on any atom is -0.372 e. The molecule has 0 spiro atoms. The monoisotopic (exact) mass is 451 g/mol. The van der Waals surface area contributed by atoms with Gasteiger partial charge >= 0.3 is 0 Å². The van der Waals surface area contributed by atoms with Crippen molar-refractivity contribution in [2.75, 3.05) is 18.0 Å². The Hall–Kier alpha value is -3.86. The zero-order valence-corrected chi connectivity index (χ0v) is 18.6. The van der Waals surface area contributed by atoms with E-state index in [-0.39, 0.29) is 36.0 Å². The summed E-state index contributed by atoms with van der Waals surface area (Å²) < 4.78 is 7.17. The number of ether oxygens (including phenoxy) is 1. The fourth-order valence-corrected chi connectivity index (χ4v) is 3.86. The molecule has 1 aliphatic rings. The molecule has 2 atom stereocenters. The highest BCUT2D eigenvalue weighted by Gasteiger charge is 2.23. The summed E-state index contributed by atoms with van der Waals surface area (Å²) in [6.45, 7) is 7.63. The topological polar surface area (TPSA) is 128 Å². The van der Waals surface area contributed by atoms with Gasteiger partial charge in [-0.05, 0) is 38.5 Å². The minimum atomic E-state index is -0.483. The van der Waals surface area contributed by atoms with Crippen molar-refractivity contribution in [3.05, 3.63) is 69.7 Å². The Labute approximate surface area is 190 Å². The summed E-state index contributed by atoms with van der Waals surface area (Å²) in [7, 11) is 0. The Bertz CT molecular complexity index is 1150. The molecule has 3 heterocycles. The van der Waals surface area contributed by atoms with Gasteiger partial charge in [0.15, 0.2) is 5.69 Å². The van der Waals surface area contributed by atoms with Crippen molar-refractivity contribution in [2.45, 2.75) is 39.5 Å². The molecule has 1 amide bonds. The molecule has 0 aliphatic carbocycles. The van der Waals surface area contributed by atoms with Crippen molar-refractivity contribution in [3.8, 4) is 5.69 Å². The van der Waals surface area contributed by atoms with Crippen LogP contribution in [0, 0.1) is 17.0 Å². The van der Waals surface area contributed by atoms with E-state index in [9.17, 15) is 14.9 Å². The lowest BCUT2D eigenvalue weighted by Crippen LogP contribution is -2.45. The second-order valence-corrected chi connectivity index (χ2v) is 8.08. The molecule has 1 aromatic carbocycles. The van der Waals surface area contributed by atoms with Crippen molar-refractivity contribution in [3.63, 3.8) is 0 Å². The standard InChI is InChI=1S/C22H25N7O4/c1-14-12-27(13-15(2)33-14)20-8-7-17(10-23-20)11-24-22(30)21-16(3)28(26-25-21)18-5-4-6-19(9-18)29(31)32/h4-10,14-15H,11-13H2,1-3H3,(H,24,30). The van der Waals surface area contributed by atoms with Gasteiger partial charge in [0.25, 0.3) is 11.6 Å². The summed E-state index contributed by atoms with van der Waals surface area (Å²) in [5.41, 5.74) is 1.88. The Kier molecular flexibility index (Phi) is 6.31. The molecular weight excluding hydrogens is 426 g/mol. The smallest absolute Gasteiger partial charge is 0.274 e. The first-order chi connectivity index (χ1) is 15.8. The number of nitrogens with zero attached hydrogens (tertiary/aromatic N) is 6. The molecule has 4 rings (SSSR count). The van der Waals surface area contributed by atoms with E-state index in [1.54, 1.807) is 25.3 Å². The first kappa shape index (κ1) is 22.3. The predicted molar refractivity (Wildman–Crippen MR) is 120 cm³/mol. The van der Waals surface area contributed by atoms with E-state index in [0.717, 1.165) is 24.5 Å². The lowest BCUT2D eigenvalue weighted by molar-refractivity contribution is -0.384. The van der Waals surface area contributed by atoms with Crippen LogP contribution in [0.2, 0.25) is 0 Å². The maximum atomic E-state index is 12.7. The zero-order valence-electron chi connectivity index (χ0n) is 18.6. The van der Waals surface area contributed by atoms with Crippen LogP contribution in [0.4, 0.5) is 11.5 Å². The largest absolute Gasteiger partial charge is 0.372 e. The second kappa shape index (κ2) is 9.33. The van der Waals surface area contributed by atoms with Crippen LogP contribution < -0.4 is 10.2 Å². The molecule has 11 nitrogen and oxygen atoms in total. The number of benzene rings is 1. The van der Waals surface area contributed by atoms with Crippen LogP contribution in [0.3, 0.4) is 0 Å². The van der Waals surface area contributed by atoms with Gasteiger partial charge in [-0.3, -0.25) is 14.9 Å². The molecule has 11 heteroatoms. The van der Waals surface area contributed by atoms with Gasteiger partial charge < -0.3 is 15.0 Å². The van der Waals surface area contributed by atoms with Gasteiger partial charge in [-0.15, -0.1) is 5.10 Å². The number of hydrogen-bond donors (Lipinski definition) is 1. The lowest BCUT2D eigenvalue weighted by Gasteiger charge is -2.36. The number of rotatable bonds is 6. The van der Waals surface area contributed by atoms with Gasteiger partial charge in [0.05, 0.1) is 28.5 Å². The lowest BCUT2D eigenvalue weighted by atomic mass is 10.2. The molecular formula is C22H25N7O4. The number of carbonyl (C=O) groups excluding carboxylic acids is 1. The van der Waals surface area contributed by atoms with Crippen molar-refractivity contribution in [1.82, 2.24) is 25.3 Å². The highest BCUT2D eigenvalue weighted by Crippen LogP contribution is 2.20. The van der Waals surface area contributed by atoms with Crippen LogP contribution in [0.25, 0.3) is 5.69 Å². The summed E-state index contributed by atoms with van der Waals surface area (Å²) >= 11 is 0. The van der Waals surface area contributed by atoms with Crippen molar-refractivity contribution >= 4 is 17.4 Å². The van der Waals surface area contributed by atoms with Gasteiger partial charge in [-0.2, -0.15) is 0 Å². The number of non-ortho nitro benzene ring substituents is 1. The number of hydrogen-bond acceptors (Lipinski definition) is 8. The van der Waals surface area contributed by atoms with Gasteiger partial charge in [-0.25, -0.2) is 9.67 Å². The predicted octanol–water partition coefficient (Wildman–Crippen LogP) is 2.42. The molecule has 1 fully saturated rings. The molecule has 1 N–H and O–H groups in total. The molecule has 1 aliphatic heterocycles. The van der Waals surface area contributed by atoms with E-state index >= 15 is 0 Å². The van der Waals surface area contributed by atoms with Crippen LogP contribution in [0.1, 0.15) is 35.6 Å². The van der Waals surface area contributed by atoms with Gasteiger partial charge in [-0.1, -0.05) is 17.3 Å². The number of anilines is 1. The number of carbonyl (C=O) groups is 1. The Balaban J connectivity index is 1.40. The van der Waals surface area contributed by atoms with E-state index in [4.69, 9.17) is 4.74 Å². The quantitative estimate of drug-likeness (QED) is 0.447. The number of nitro groups is 1. The fraction of sp³-hybridized carbons (Fsp3) is 0.364. The van der Waals surface area contributed by atoms with Gasteiger partial charge in [0.1, 0.15) is 5.82 Å². The second-order valence-electron chi connectivity index (χ2n) is 8.08. The van der Waals surface area contributed by atoms with Crippen LogP contribution in [0.15, 0.2) is 42.6 Å². The number of pyridine rings is 1. The molecule has 0 radical (unpaired) electrons. The fourth-order valence-electron chi connectivity index (χ4n) is 3.86. The summed E-state index contributed by atoms with van der Waals surface area (Å²) in [5, 5.41) is 21.8. The van der Waals surface area contributed by atoms with E-state index in [2.05, 4.69) is 25.5 Å². The Morgan fingerprint density at radius 1 is 1.24 bits per heavy atom. The third-order valence-electron chi connectivity index (χ3n) is 5.40. The molecule has 1 saturated heterocycles. The number of morpholine rings is 1. The van der Waals surface area contributed by atoms with E-state index in [1.807, 2.05) is 26.0 Å². The van der Waals surface area contributed by atoms with Crippen molar-refractivity contribution in [2.24, 2.45) is 0 Å². The molecule has 3 aromatic rings. The summed E-state index contributed by atoms with van der Waals surface area (Å²) in [6.07, 6.45) is 2.04. The summed E-state index contributed by atoms with van der Waals surface area (Å²) in [6, 6.07) is 9.87. The molecule has 33 heavy (non-hydrogen) atoms. The summed E-state index contributed by atoms with van der Waals surface area (Å²) in [5.74, 6) is 0.493. The Morgan fingerprint density at radius 2 is 2.00 bits per heavy atom. The number of amides is 1. The van der Waals surface area contributed by atoms with Crippen LogP contribution in [0.5, 0.6) is 0 Å². The summed E-state index contributed by atoms with van der Waals surface area (Å²) in [4.78, 5) is 29.9. The third-order valence-corrected chi connectivity index (χ3v) is 5.40. The van der Waals surface area contributed by atoms with Crippen molar-refractivity contribution in [1.29, 1.82) is 0 Å². The molecule has 0 bridgehead atoms. The first-order valence-corrected chi connectivity index (χ1v) is 10.6. The van der Waals surface area contributed by atoms with E-state index in [1.165, 1.54) is 16.8 Å². The normalized spacial score (nSPS) is 18.2. The number of nitro benzene ring substituents is 1. The van der Waals surface area contributed by atoms with E-state index < -0.39 is 4.92 Å².